The molecule has 1 aliphatic heterocycles. The predicted molar refractivity (Wildman–Crippen MR) is 58.5 cm³/mol. The topological polar surface area (TPSA) is 38.3 Å². The van der Waals surface area contributed by atoms with E-state index in [0.717, 1.165) is 25.9 Å². The third-order valence-corrected chi connectivity index (χ3v) is 3.66. The van der Waals surface area contributed by atoms with E-state index in [2.05, 4.69) is 12.2 Å². The van der Waals surface area contributed by atoms with Gasteiger partial charge in [0.2, 0.25) is 0 Å². The van der Waals surface area contributed by atoms with Gasteiger partial charge in [0.15, 0.2) is 0 Å². The maximum Gasteiger partial charge on any atom is 0.310 e. The molecule has 0 aromatic heterocycles. The Morgan fingerprint density at radius 1 is 1.20 bits per heavy atom. The second-order valence-electron chi connectivity index (χ2n) is 4.94. The summed E-state index contributed by atoms with van der Waals surface area (Å²) < 4.78 is 5.57. The first-order valence-corrected chi connectivity index (χ1v) is 6.18. The smallest absolute Gasteiger partial charge is 0.310 e. The fourth-order valence-corrected chi connectivity index (χ4v) is 2.56. The highest BCUT2D eigenvalue weighted by Gasteiger charge is 2.32. The van der Waals surface area contributed by atoms with Crippen molar-refractivity contribution in [2.45, 2.75) is 45.1 Å². The molecule has 0 aromatic rings. The number of ether oxygens (including phenoxy) is 1. The molecule has 1 saturated carbocycles. The average Bonchev–Trinajstić information content (AvgIpc) is 2.66. The molecular formula is C12H21NO2. The highest BCUT2D eigenvalue weighted by atomic mass is 16.5. The summed E-state index contributed by atoms with van der Waals surface area (Å²) in [5.41, 5.74) is 0. The zero-order chi connectivity index (χ0) is 10.7. The minimum atomic E-state index is 0.0272. The second kappa shape index (κ2) is 4.97. The second-order valence-corrected chi connectivity index (χ2v) is 4.94. The predicted octanol–water partition coefficient (Wildman–Crippen LogP) is 1.72. The van der Waals surface area contributed by atoms with Gasteiger partial charge in [-0.05, 0) is 38.1 Å². The van der Waals surface area contributed by atoms with Crippen LogP contribution in [0, 0.1) is 11.8 Å². The van der Waals surface area contributed by atoms with E-state index >= 15 is 0 Å². The molecule has 0 aromatic carbocycles. The standard InChI is InChI=1S/C12H21NO2/c1-9-7-13-8-11(9)12(14)15-10-5-3-2-4-6-10/h9-11,13H,2-8H2,1H3. The summed E-state index contributed by atoms with van der Waals surface area (Å²) in [5, 5.41) is 3.24. The molecule has 2 rings (SSSR count). The van der Waals surface area contributed by atoms with Crippen LogP contribution in [0.25, 0.3) is 0 Å². The number of esters is 1. The van der Waals surface area contributed by atoms with Gasteiger partial charge < -0.3 is 10.1 Å². The molecule has 2 fully saturated rings. The van der Waals surface area contributed by atoms with Crippen molar-refractivity contribution < 1.29 is 9.53 Å². The number of nitrogens with one attached hydrogen (secondary N) is 1. The van der Waals surface area contributed by atoms with E-state index in [1.165, 1.54) is 19.3 Å². The molecule has 0 spiro atoms. The summed E-state index contributed by atoms with van der Waals surface area (Å²) in [7, 11) is 0. The lowest BCUT2D eigenvalue weighted by molar-refractivity contribution is -0.156. The maximum atomic E-state index is 11.9. The molecular weight excluding hydrogens is 190 g/mol. The molecule has 3 heteroatoms. The van der Waals surface area contributed by atoms with E-state index in [-0.39, 0.29) is 18.0 Å². The van der Waals surface area contributed by atoms with Crippen molar-refractivity contribution in [3.8, 4) is 0 Å². The van der Waals surface area contributed by atoms with E-state index in [1.54, 1.807) is 0 Å². The minimum Gasteiger partial charge on any atom is -0.462 e. The van der Waals surface area contributed by atoms with Crippen LogP contribution in [-0.4, -0.2) is 25.2 Å². The number of hydrogen-bond donors (Lipinski definition) is 1. The molecule has 2 unspecified atom stereocenters. The van der Waals surface area contributed by atoms with Crippen molar-refractivity contribution in [2.24, 2.45) is 11.8 Å². The Morgan fingerprint density at radius 2 is 1.93 bits per heavy atom. The van der Waals surface area contributed by atoms with Gasteiger partial charge in [-0.3, -0.25) is 4.79 Å². The lowest BCUT2D eigenvalue weighted by Crippen LogP contribution is -2.29. The van der Waals surface area contributed by atoms with Crippen LogP contribution in [0.3, 0.4) is 0 Å². The average molecular weight is 211 g/mol. The van der Waals surface area contributed by atoms with Crippen LogP contribution in [0.1, 0.15) is 39.0 Å². The normalized spacial score (nSPS) is 32.9. The molecule has 1 heterocycles. The highest BCUT2D eigenvalue weighted by Crippen LogP contribution is 2.24. The van der Waals surface area contributed by atoms with Gasteiger partial charge in [-0.25, -0.2) is 0 Å². The van der Waals surface area contributed by atoms with Gasteiger partial charge in [-0.2, -0.15) is 0 Å². The SMILES string of the molecule is CC1CNCC1C(=O)OC1CCCCC1. The highest BCUT2D eigenvalue weighted by molar-refractivity contribution is 5.73. The summed E-state index contributed by atoms with van der Waals surface area (Å²) in [5.74, 6) is 0.549. The molecule has 1 aliphatic carbocycles. The summed E-state index contributed by atoms with van der Waals surface area (Å²) in [6.07, 6.45) is 6.09. The molecule has 86 valence electrons. The van der Waals surface area contributed by atoms with Crippen molar-refractivity contribution in [1.29, 1.82) is 0 Å². The Hall–Kier alpha value is -0.570. The Balaban J connectivity index is 1.80. The molecule has 0 radical (unpaired) electrons. The maximum absolute atomic E-state index is 11.9. The van der Waals surface area contributed by atoms with Crippen LogP contribution in [0.4, 0.5) is 0 Å². The van der Waals surface area contributed by atoms with E-state index < -0.39 is 0 Å². The Bertz CT molecular complexity index is 224. The Morgan fingerprint density at radius 3 is 2.53 bits per heavy atom. The van der Waals surface area contributed by atoms with Crippen LogP contribution in [-0.2, 0) is 9.53 Å². The molecule has 2 aliphatic rings. The fraction of sp³-hybridized carbons (Fsp3) is 0.917. The zero-order valence-corrected chi connectivity index (χ0v) is 9.50. The molecule has 3 nitrogen and oxygen atoms in total. The first kappa shape index (κ1) is 10.9. The van der Waals surface area contributed by atoms with Gasteiger partial charge in [-0.1, -0.05) is 13.3 Å². The molecule has 1 N–H and O–H groups in total. The summed E-state index contributed by atoms with van der Waals surface area (Å²) >= 11 is 0. The largest absolute Gasteiger partial charge is 0.462 e. The van der Waals surface area contributed by atoms with E-state index in [1.807, 2.05) is 0 Å². The van der Waals surface area contributed by atoms with Crippen molar-refractivity contribution >= 4 is 5.97 Å². The van der Waals surface area contributed by atoms with Crippen LogP contribution in [0.2, 0.25) is 0 Å². The lowest BCUT2D eigenvalue weighted by atomic mass is 9.96. The molecule has 15 heavy (non-hydrogen) atoms. The van der Waals surface area contributed by atoms with Crippen LogP contribution in [0.5, 0.6) is 0 Å². The third-order valence-electron chi connectivity index (χ3n) is 3.66. The minimum absolute atomic E-state index is 0.0272. The van der Waals surface area contributed by atoms with E-state index in [9.17, 15) is 4.79 Å². The molecule has 2 atom stereocenters. The van der Waals surface area contributed by atoms with Crippen molar-refractivity contribution in [1.82, 2.24) is 5.32 Å². The number of carbonyl (C=O) groups excluding carboxylic acids is 1. The fourth-order valence-electron chi connectivity index (χ4n) is 2.56. The summed E-state index contributed by atoms with van der Waals surface area (Å²) in [6, 6.07) is 0. The number of rotatable bonds is 2. The van der Waals surface area contributed by atoms with Crippen molar-refractivity contribution in [3.05, 3.63) is 0 Å². The van der Waals surface area contributed by atoms with Gasteiger partial charge in [0, 0.05) is 6.54 Å². The molecule has 0 bridgehead atoms. The van der Waals surface area contributed by atoms with E-state index in [0.29, 0.717) is 5.92 Å². The summed E-state index contributed by atoms with van der Waals surface area (Å²) in [4.78, 5) is 11.9. The molecule has 0 amide bonds. The summed E-state index contributed by atoms with van der Waals surface area (Å²) in [6.45, 7) is 3.87. The third kappa shape index (κ3) is 2.71. The lowest BCUT2D eigenvalue weighted by Gasteiger charge is -2.24. The first-order chi connectivity index (χ1) is 7.27. The van der Waals surface area contributed by atoms with Gasteiger partial charge >= 0.3 is 5.97 Å². The van der Waals surface area contributed by atoms with Crippen molar-refractivity contribution in [3.63, 3.8) is 0 Å². The number of carbonyl (C=O) groups is 1. The Kier molecular flexibility index (Phi) is 3.62. The monoisotopic (exact) mass is 211 g/mol. The van der Waals surface area contributed by atoms with Crippen molar-refractivity contribution in [2.75, 3.05) is 13.1 Å². The first-order valence-electron chi connectivity index (χ1n) is 6.18. The zero-order valence-electron chi connectivity index (χ0n) is 9.50. The van der Waals surface area contributed by atoms with Crippen LogP contribution < -0.4 is 5.32 Å². The number of hydrogen-bond acceptors (Lipinski definition) is 3. The molecule has 1 saturated heterocycles. The Labute approximate surface area is 91.6 Å². The van der Waals surface area contributed by atoms with Gasteiger partial charge in [0.25, 0.3) is 0 Å². The van der Waals surface area contributed by atoms with Gasteiger partial charge in [-0.15, -0.1) is 0 Å². The van der Waals surface area contributed by atoms with Crippen LogP contribution in [0.15, 0.2) is 0 Å². The van der Waals surface area contributed by atoms with Crippen LogP contribution >= 0.6 is 0 Å². The van der Waals surface area contributed by atoms with Gasteiger partial charge in [0.1, 0.15) is 6.10 Å². The van der Waals surface area contributed by atoms with Gasteiger partial charge in [0.05, 0.1) is 5.92 Å². The quantitative estimate of drug-likeness (QED) is 0.707. The van der Waals surface area contributed by atoms with E-state index in [4.69, 9.17) is 4.74 Å².